The van der Waals surface area contributed by atoms with E-state index in [0.29, 0.717) is 43.5 Å². The number of hydrogen-bond acceptors (Lipinski definition) is 8. The smallest absolute Gasteiger partial charge is 0.412 e. The van der Waals surface area contributed by atoms with Gasteiger partial charge in [0.15, 0.2) is 0 Å². The zero-order chi connectivity index (χ0) is 22.8. The molecule has 0 bridgehead atoms. The minimum Gasteiger partial charge on any atom is -0.412 e. The maximum atomic E-state index is 4.52. The maximum absolute atomic E-state index is 4.52. The number of rotatable bonds is 8. The van der Waals surface area contributed by atoms with Crippen molar-refractivity contribution in [2.24, 2.45) is 0 Å². The van der Waals surface area contributed by atoms with Gasteiger partial charge in [-0.05, 0) is 0 Å². The SMILES string of the molecule is C=CCNC(=S)[S-].C=CCNC(=S)[S-].C=CCNC(=S)[S-].C=CCNC(=S)[S-].[Mo+4]. The molecule has 162 valence electrons. The van der Waals surface area contributed by atoms with Crippen LogP contribution in [-0.4, -0.2) is 43.5 Å². The van der Waals surface area contributed by atoms with Crippen molar-refractivity contribution in [2.45, 2.75) is 0 Å². The molecular weight excluding hydrogens is 601 g/mol. The average Bonchev–Trinajstić information content (AvgIpc) is 2.62. The van der Waals surface area contributed by atoms with Gasteiger partial charge in [0, 0.05) is 26.2 Å². The Morgan fingerprint density at radius 2 is 0.655 bits per heavy atom. The molecule has 0 spiro atoms. The van der Waals surface area contributed by atoms with Crippen LogP contribution in [0, 0.1) is 0 Å². The van der Waals surface area contributed by atoms with Crippen molar-refractivity contribution in [3.63, 3.8) is 0 Å². The van der Waals surface area contributed by atoms with Crippen LogP contribution in [0.15, 0.2) is 50.6 Å². The molecule has 0 saturated carbocycles. The molecular formula is C16H24MoN4S8. The van der Waals surface area contributed by atoms with E-state index in [9.17, 15) is 0 Å². The Morgan fingerprint density at radius 3 is 0.690 bits per heavy atom. The summed E-state index contributed by atoms with van der Waals surface area (Å²) < 4.78 is 1.61. The fraction of sp³-hybridized carbons (Fsp3) is 0.250. The molecule has 0 radical (unpaired) electrons. The van der Waals surface area contributed by atoms with E-state index in [1.807, 2.05) is 0 Å². The summed E-state index contributed by atoms with van der Waals surface area (Å²) in [6.45, 7) is 16.5. The monoisotopic (exact) mass is 626 g/mol. The minimum atomic E-state index is 0. The van der Waals surface area contributed by atoms with Gasteiger partial charge in [0.05, 0.1) is 0 Å². The van der Waals surface area contributed by atoms with E-state index < -0.39 is 0 Å². The summed E-state index contributed by atoms with van der Waals surface area (Å²) in [6, 6.07) is 0. The largest absolute Gasteiger partial charge is 4.00 e. The number of nitrogens with one attached hydrogen (secondary N) is 4. The molecule has 0 saturated heterocycles. The second kappa shape index (κ2) is 35.5. The Hall–Kier alpha value is 0.0883. The Kier molecular flexibility index (Phi) is 48.4. The van der Waals surface area contributed by atoms with Crippen molar-refractivity contribution in [1.29, 1.82) is 0 Å². The molecule has 0 aliphatic carbocycles. The summed E-state index contributed by atoms with van der Waals surface area (Å²) in [5.41, 5.74) is 0. The molecule has 0 rings (SSSR count). The predicted molar refractivity (Wildman–Crippen MR) is 153 cm³/mol. The van der Waals surface area contributed by atoms with Crippen LogP contribution in [0.1, 0.15) is 0 Å². The van der Waals surface area contributed by atoms with Crippen molar-refractivity contribution < 1.29 is 21.1 Å². The van der Waals surface area contributed by atoms with E-state index in [1.54, 1.807) is 24.3 Å². The molecule has 0 aromatic carbocycles. The van der Waals surface area contributed by atoms with Crippen LogP contribution in [0.3, 0.4) is 0 Å². The Morgan fingerprint density at radius 1 is 0.517 bits per heavy atom. The molecule has 0 amide bonds. The van der Waals surface area contributed by atoms with E-state index in [0.717, 1.165) is 0 Å². The summed E-state index contributed by atoms with van der Waals surface area (Å²) in [5, 5.41) is 10.9. The first-order chi connectivity index (χ1) is 13.1. The summed E-state index contributed by atoms with van der Waals surface area (Å²) in [4.78, 5) is 0. The van der Waals surface area contributed by atoms with Crippen LogP contribution < -0.4 is 21.3 Å². The number of thiocarbonyl (C=S) groups is 4. The molecule has 0 aromatic heterocycles. The Balaban J connectivity index is -0.0000000873. The fourth-order valence-corrected chi connectivity index (χ4v) is 1.29. The minimum absolute atomic E-state index is 0. The second-order valence-electron chi connectivity index (χ2n) is 3.83. The zero-order valence-corrected chi connectivity index (χ0v) is 24.2. The molecule has 0 aliphatic heterocycles. The van der Waals surface area contributed by atoms with Crippen molar-refractivity contribution >= 4 is 117 Å². The first-order valence-electron chi connectivity index (χ1n) is 7.31. The van der Waals surface area contributed by atoms with E-state index in [-0.39, 0.29) is 21.1 Å². The summed E-state index contributed by atoms with van der Waals surface area (Å²) in [6.07, 6.45) is 6.83. The van der Waals surface area contributed by atoms with Crippen molar-refractivity contribution in [3.05, 3.63) is 50.6 Å². The van der Waals surface area contributed by atoms with E-state index in [1.165, 1.54) is 0 Å². The van der Waals surface area contributed by atoms with Gasteiger partial charge < -0.3 is 121 Å². The quantitative estimate of drug-likeness (QED) is 0.139. The molecule has 0 aliphatic rings. The van der Waals surface area contributed by atoms with Crippen molar-refractivity contribution in [2.75, 3.05) is 26.2 Å². The molecule has 4 nitrogen and oxygen atoms in total. The third-order valence-electron chi connectivity index (χ3n) is 1.56. The van der Waals surface area contributed by atoms with Gasteiger partial charge in [-0.3, -0.25) is 0 Å². The van der Waals surface area contributed by atoms with Crippen LogP contribution in [0.25, 0.3) is 0 Å². The Labute approximate surface area is 233 Å². The van der Waals surface area contributed by atoms with Gasteiger partial charge in [-0.15, -0.1) is 26.3 Å². The van der Waals surface area contributed by atoms with Gasteiger partial charge in [-0.2, -0.15) is 0 Å². The van der Waals surface area contributed by atoms with Gasteiger partial charge in [0.1, 0.15) is 0 Å². The van der Waals surface area contributed by atoms with E-state index >= 15 is 0 Å². The van der Waals surface area contributed by atoms with Gasteiger partial charge >= 0.3 is 21.1 Å². The summed E-state index contributed by atoms with van der Waals surface area (Å²) in [5.74, 6) is 0. The normalized spacial score (nSPS) is 7.17. The van der Waals surface area contributed by atoms with Crippen LogP contribution in [0.2, 0.25) is 0 Å². The molecule has 0 heterocycles. The molecule has 0 aromatic rings. The fourth-order valence-electron chi connectivity index (χ4n) is 0.622. The van der Waals surface area contributed by atoms with Crippen LogP contribution in [-0.2, 0) is 71.6 Å². The first-order valence-corrected chi connectivity index (χ1v) is 10.6. The van der Waals surface area contributed by atoms with Gasteiger partial charge in [0.2, 0.25) is 0 Å². The standard InChI is InChI=1S/4C4H7NS2.Mo/c4*1-2-3-5-4(6)7;/h4*2H,1,3H2,(H2,5,6,7);/q;;;;+4/p-4. The van der Waals surface area contributed by atoms with Crippen LogP contribution >= 0.6 is 48.9 Å². The van der Waals surface area contributed by atoms with E-state index in [4.69, 9.17) is 0 Å². The van der Waals surface area contributed by atoms with Gasteiger partial charge in [0.25, 0.3) is 0 Å². The molecule has 0 unspecified atom stereocenters. The predicted octanol–water partition coefficient (Wildman–Crippen LogP) is 2.37. The maximum Gasteiger partial charge on any atom is 4.00 e. The molecule has 0 atom stereocenters. The summed E-state index contributed by atoms with van der Waals surface area (Å²) in [7, 11) is 0. The van der Waals surface area contributed by atoms with Gasteiger partial charge in [-0.1, -0.05) is 41.6 Å². The molecule has 29 heavy (non-hydrogen) atoms. The third-order valence-corrected chi connectivity index (χ3v) is 2.72. The van der Waals surface area contributed by atoms with Crippen molar-refractivity contribution in [1.82, 2.24) is 21.3 Å². The third kappa shape index (κ3) is 73.9. The molecule has 4 N–H and O–H groups in total. The second-order valence-corrected chi connectivity index (χ2v) is 8.13. The topological polar surface area (TPSA) is 48.1 Å². The van der Waals surface area contributed by atoms with E-state index in [2.05, 4.69) is 147 Å². The molecule has 13 heteroatoms. The van der Waals surface area contributed by atoms with Crippen LogP contribution in [0.4, 0.5) is 0 Å². The average molecular weight is 625 g/mol. The number of hydrogen-bond donors (Lipinski definition) is 4. The van der Waals surface area contributed by atoms with Crippen LogP contribution in [0.5, 0.6) is 0 Å². The molecule has 0 fully saturated rings. The first kappa shape index (κ1) is 39.6. The van der Waals surface area contributed by atoms with Crippen molar-refractivity contribution in [3.8, 4) is 0 Å². The zero-order valence-electron chi connectivity index (χ0n) is 15.6. The Bertz CT molecular complexity index is 413. The van der Waals surface area contributed by atoms with Gasteiger partial charge in [-0.25, -0.2) is 0 Å². The summed E-state index contributed by atoms with van der Waals surface area (Å²) >= 11 is 36.1.